The van der Waals surface area contributed by atoms with Crippen molar-refractivity contribution in [3.63, 3.8) is 0 Å². The Labute approximate surface area is 132 Å². The smallest absolute Gasteiger partial charge is 0.119 e. The molecule has 0 saturated heterocycles. The number of aliphatic hydroxyl groups excluding tert-OH is 2. The molecule has 3 aliphatic rings. The van der Waals surface area contributed by atoms with E-state index < -0.39 is 12.2 Å². The Morgan fingerprint density at radius 1 is 1.23 bits per heavy atom. The average molecular weight is 302 g/mol. The Hall–Kier alpha value is -1.06. The van der Waals surface area contributed by atoms with Gasteiger partial charge in [0.1, 0.15) is 5.75 Å². The second kappa shape index (κ2) is 4.97. The number of methoxy groups -OCH3 is 1. The molecule has 120 valence electrons. The summed E-state index contributed by atoms with van der Waals surface area (Å²) in [7, 11) is 1.72. The largest absolute Gasteiger partial charge is 0.497 e. The van der Waals surface area contributed by atoms with Gasteiger partial charge in [-0.05, 0) is 78.5 Å². The van der Waals surface area contributed by atoms with Gasteiger partial charge >= 0.3 is 0 Å². The zero-order valence-corrected chi connectivity index (χ0v) is 13.5. The summed E-state index contributed by atoms with van der Waals surface area (Å²) < 4.78 is 5.36. The molecular weight excluding hydrogens is 276 g/mol. The van der Waals surface area contributed by atoms with Gasteiger partial charge < -0.3 is 14.9 Å². The van der Waals surface area contributed by atoms with Gasteiger partial charge in [0, 0.05) is 0 Å². The van der Waals surface area contributed by atoms with Crippen LogP contribution in [0.2, 0.25) is 0 Å². The number of hydrogen-bond donors (Lipinski definition) is 2. The van der Waals surface area contributed by atoms with Crippen molar-refractivity contribution in [3.8, 4) is 5.75 Å². The molecule has 0 unspecified atom stereocenters. The monoisotopic (exact) mass is 302 g/mol. The quantitative estimate of drug-likeness (QED) is 0.838. The Balaban J connectivity index is 1.69. The number of hydrogen-bond acceptors (Lipinski definition) is 3. The van der Waals surface area contributed by atoms with Crippen molar-refractivity contribution in [1.29, 1.82) is 0 Å². The summed E-state index contributed by atoms with van der Waals surface area (Å²) in [6, 6.07) is 6.51. The molecule has 1 aromatic rings. The van der Waals surface area contributed by atoms with E-state index in [1.165, 1.54) is 17.5 Å². The molecule has 2 fully saturated rings. The molecule has 3 heteroatoms. The molecule has 0 bridgehead atoms. The first-order chi connectivity index (χ1) is 10.5. The van der Waals surface area contributed by atoms with E-state index in [4.69, 9.17) is 4.74 Å². The van der Waals surface area contributed by atoms with Crippen LogP contribution in [0.25, 0.3) is 0 Å². The molecule has 0 aliphatic heterocycles. The minimum Gasteiger partial charge on any atom is -0.497 e. The lowest BCUT2D eigenvalue weighted by atomic mass is 9.55. The summed E-state index contributed by atoms with van der Waals surface area (Å²) in [5.74, 6) is 2.59. The summed E-state index contributed by atoms with van der Waals surface area (Å²) in [6.45, 7) is 2.19. The number of ether oxygens (including phenoxy) is 1. The van der Waals surface area contributed by atoms with Crippen molar-refractivity contribution in [2.75, 3.05) is 7.11 Å². The lowest BCUT2D eigenvalue weighted by Gasteiger charge is -2.49. The van der Waals surface area contributed by atoms with Gasteiger partial charge in [-0.25, -0.2) is 0 Å². The second-order valence-corrected chi connectivity index (χ2v) is 7.77. The number of rotatable bonds is 1. The first-order valence-corrected chi connectivity index (χ1v) is 8.57. The highest BCUT2D eigenvalue weighted by molar-refractivity contribution is 5.40. The van der Waals surface area contributed by atoms with E-state index in [1.807, 2.05) is 0 Å². The van der Waals surface area contributed by atoms with E-state index in [1.54, 1.807) is 7.11 Å². The second-order valence-electron chi connectivity index (χ2n) is 7.77. The Kier molecular flexibility index (Phi) is 3.28. The predicted octanol–water partition coefficient (Wildman–Crippen LogP) is 2.88. The number of aryl methyl sites for hydroxylation is 1. The summed E-state index contributed by atoms with van der Waals surface area (Å²) in [4.78, 5) is 0. The zero-order valence-electron chi connectivity index (χ0n) is 13.5. The van der Waals surface area contributed by atoms with E-state index in [2.05, 4.69) is 25.1 Å². The van der Waals surface area contributed by atoms with Crippen molar-refractivity contribution in [3.05, 3.63) is 29.3 Å². The fourth-order valence-corrected chi connectivity index (χ4v) is 5.67. The van der Waals surface area contributed by atoms with Crippen molar-refractivity contribution in [1.82, 2.24) is 0 Å². The van der Waals surface area contributed by atoms with Crippen LogP contribution in [0.4, 0.5) is 0 Å². The van der Waals surface area contributed by atoms with Crippen LogP contribution in [0.5, 0.6) is 5.75 Å². The third-order valence-corrected chi connectivity index (χ3v) is 6.91. The van der Waals surface area contributed by atoms with E-state index in [9.17, 15) is 10.2 Å². The highest BCUT2D eigenvalue weighted by Gasteiger charge is 2.57. The maximum Gasteiger partial charge on any atom is 0.119 e. The van der Waals surface area contributed by atoms with Crippen molar-refractivity contribution in [2.24, 2.45) is 17.3 Å². The van der Waals surface area contributed by atoms with Crippen LogP contribution in [0.3, 0.4) is 0 Å². The highest BCUT2D eigenvalue weighted by Crippen LogP contribution is 2.60. The number of benzene rings is 1. The summed E-state index contributed by atoms with van der Waals surface area (Å²) >= 11 is 0. The van der Waals surface area contributed by atoms with Crippen LogP contribution in [0, 0.1) is 17.3 Å². The van der Waals surface area contributed by atoms with Crippen LogP contribution in [-0.4, -0.2) is 29.5 Å². The van der Waals surface area contributed by atoms with Gasteiger partial charge in [0.15, 0.2) is 0 Å². The molecule has 0 amide bonds. The van der Waals surface area contributed by atoms with Crippen LogP contribution in [-0.2, 0) is 6.42 Å². The molecule has 2 N–H and O–H groups in total. The molecule has 22 heavy (non-hydrogen) atoms. The predicted molar refractivity (Wildman–Crippen MR) is 85.0 cm³/mol. The van der Waals surface area contributed by atoms with Gasteiger partial charge in [-0.3, -0.25) is 0 Å². The molecule has 3 aliphatic carbocycles. The molecule has 2 saturated carbocycles. The molecule has 1 aromatic carbocycles. The SMILES string of the molecule is COc1ccc2c(c1)CC[C@@H]1[C@@H]2CC[C@]2(C)[C@@H](O)[C@H](O)C[C@@H]12. The number of fused-ring (bicyclic) bond motifs is 5. The van der Waals surface area contributed by atoms with Gasteiger partial charge in [-0.2, -0.15) is 0 Å². The lowest BCUT2D eigenvalue weighted by Crippen LogP contribution is -2.44. The fourth-order valence-electron chi connectivity index (χ4n) is 5.67. The summed E-state index contributed by atoms with van der Waals surface area (Å²) in [6.07, 6.45) is 4.09. The zero-order chi connectivity index (χ0) is 15.5. The van der Waals surface area contributed by atoms with E-state index in [0.717, 1.165) is 31.4 Å². The van der Waals surface area contributed by atoms with Crippen LogP contribution in [0.1, 0.15) is 49.7 Å². The molecule has 3 nitrogen and oxygen atoms in total. The van der Waals surface area contributed by atoms with Gasteiger partial charge in [0.2, 0.25) is 0 Å². The van der Waals surface area contributed by atoms with Crippen LogP contribution >= 0.6 is 0 Å². The van der Waals surface area contributed by atoms with Gasteiger partial charge in [-0.1, -0.05) is 13.0 Å². The van der Waals surface area contributed by atoms with Crippen LogP contribution in [0.15, 0.2) is 18.2 Å². The first kappa shape index (κ1) is 14.5. The fraction of sp³-hybridized carbons (Fsp3) is 0.684. The molecule has 4 rings (SSSR count). The molecule has 0 aromatic heterocycles. The van der Waals surface area contributed by atoms with Crippen molar-refractivity contribution < 1.29 is 14.9 Å². The maximum absolute atomic E-state index is 10.4. The van der Waals surface area contributed by atoms with E-state index >= 15 is 0 Å². The maximum atomic E-state index is 10.4. The first-order valence-electron chi connectivity index (χ1n) is 8.57. The van der Waals surface area contributed by atoms with Crippen LogP contribution < -0.4 is 4.74 Å². The third-order valence-electron chi connectivity index (χ3n) is 6.91. The standard InChI is InChI=1S/C19H26O3/c1-19-8-7-14-13-6-4-12(22-2)9-11(13)3-5-15(14)16(19)10-17(20)18(19)21/h4,6,9,14-18,20-21H,3,5,7-8,10H2,1-2H3/t14-,15-,16+,17-,18+,19+/m1/s1. The van der Waals surface area contributed by atoms with E-state index in [-0.39, 0.29) is 5.41 Å². The topological polar surface area (TPSA) is 49.7 Å². The summed E-state index contributed by atoms with van der Waals surface area (Å²) in [5, 5.41) is 20.6. The molecular formula is C19H26O3. The van der Waals surface area contributed by atoms with Crippen molar-refractivity contribution >= 4 is 0 Å². The number of aliphatic hydroxyl groups is 2. The Bertz CT molecular complexity index is 584. The minimum absolute atomic E-state index is 0.0927. The van der Waals surface area contributed by atoms with E-state index in [0.29, 0.717) is 17.8 Å². The average Bonchev–Trinajstić information content (AvgIpc) is 2.77. The highest BCUT2D eigenvalue weighted by atomic mass is 16.5. The Morgan fingerprint density at radius 2 is 2.05 bits per heavy atom. The van der Waals surface area contributed by atoms with Gasteiger partial charge in [0.25, 0.3) is 0 Å². The molecule has 0 radical (unpaired) electrons. The van der Waals surface area contributed by atoms with Crippen molar-refractivity contribution in [2.45, 2.75) is 57.2 Å². The van der Waals surface area contributed by atoms with Gasteiger partial charge in [0.05, 0.1) is 19.3 Å². The summed E-state index contributed by atoms with van der Waals surface area (Å²) in [5.41, 5.74) is 2.82. The lowest BCUT2D eigenvalue weighted by molar-refractivity contribution is -0.0505. The third kappa shape index (κ3) is 1.88. The normalized spacial score (nSPS) is 43.2. The minimum atomic E-state index is -0.546. The molecule has 0 spiro atoms. The van der Waals surface area contributed by atoms with Gasteiger partial charge in [-0.15, -0.1) is 0 Å². The Morgan fingerprint density at radius 3 is 2.82 bits per heavy atom. The molecule has 6 atom stereocenters. The molecule has 0 heterocycles.